The van der Waals surface area contributed by atoms with Crippen LogP contribution in [0.4, 0.5) is 4.39 Å². The summed E-state index contributed by atoms with van der Waals surface area (Å²) in [6.45, 7) is 5.91. The lowest BCUT2D eigenvalue weighted by atomic mass is 9.96. The maximum absolute atomic E-state index is 13.2. The Hall–Kier alpha value is -1.09. The lowest BCUT2D eigenvalue weighted by Gasteiger charge is -2.16. The number of nitrogens with two attached hydrogens (primary N) is 1. The molecule has 1 aromatic carbocycles. The van der Waals surface area contributed by atoms with Crippen molar-refractivity contribution in [3.05, 3.63) is 29.1 Å². The van der Waals surface area contributed by atoms with E-state index in [0.717, 1.165) is 12.8 Å². The third-order valence-electron chi connectivity index (χ3n) is 2.75. The van der Waals surface area contributed by atoms with Crippen LogP contribution in [0, 0.1) is 18.7 Å². The third kappa shape index (κ3) is 3.20. The second-order valence-corrected chi connectivity index (χ2v) is 4.74. The summed E-state index contributed by atoms with van der Waals surface area (Å²) in [6.07, 6.45) is 1.73. The molecule has 3 N–H and O–H groups in total. The molecule has 0 amide bonds. The molecule has 16 heavy (non-hydrogen) atoms. The van der Waals surface area contributed by atoms with Crippen molar-refractivity contribution in [3.63, 3.8) is 0 Å². The topological polar surface area (TPSA) is 46.2 Å². The van der Waals surface area contributed by atoms with Gasteiger partial charge in [-0.2, -0.15) is 0 Å². The van der Waals surface area contributed by atoms with Crippen LogP contribution in [0.1, 0.15) is 43.9 Å². The van der Waals surface area contributed by atoms with Crippen molar-refractivity contribution in [2.75, 3.05) is 0 Å². The first-order valence-electron chi connectivity index (χ1n) is 5.66. The van der Waals surface area contributed by atoms with Crippen molar-refractivity contribution in [3.8, 4) is 5.75 Å². The fraction of sp³-hybridized carbons (Fsp3) is 0.538. The molecule has 0 radical (unpaired) electrons. The molecule has 3 heteroatoms. The first-order chi connectivity index (χ1) is 7.41. The van der Waals surface area contributed by atoms with Gasteiger partial charge < -0.3 is 10.8 Å². The quantitative estimate of drug-likeness (QED) is 0.826. The summed E-state index contributed by atoms with van der Waals surface area (Å²) < 4.78 is 13.2. The highest BCUT2D eigenvalue weighted by molar-refractivity contribution is 5.41. The van der Waals surface area contributed by atoms with Gasteiger partial charge in [0.15, 0.2) is 0 Å². The highest BCUT2D eigenvalue weighted by atomic mass is 19.1. The van der Waals surface area contributed by atoms with Crippen molar-refractivity contribution in [1.29, 1.82) is 0 Å². The monoisotopic (exact) mass is 225 g/mol. The summed E-state index contributed by atoms with van der Waals surface area (Å²) in [4.78, 5) is 0. The SMILES string of the molecule is Cc1cc(F)cc([C@@H](N)CCC(C)C)c1O. The van der Waals surface area contributed by atoms with E-state index >= 15 is 0 Å². The molecule has 1 atom stereocenters. The number of rotatable bonds is 4. The largest absolute Gasteiger partial charge is 0.507 e. The summed E-state index contributed by atoms with van der Waals surface area (Å²) in [5.74, 6) is 0.339. The van der Waals surface area contributed by atoms with E-state index < -0.39 is 0 Å². The number of halogens is 1. The minimum Gasteiger partial charge on any atom is -0.507 e. The second kappa shape index (κ2) is 5.30. The van der Waals surface area contributed by atoms with Gasteiger partial charge in [-0.15, -0.1) is 0 Å². The number of hydrogen-bond donors (Lipinski definition) is 2. The van der Waals surface area contributed by atoms with Crippen LogP contribution >= 0.6 is 0 Å². The minimum absolute atomic E-state index is 0.123. The van der Waals surface area contributed by atoms with Crippen molar-refractivity contribution in [2.24, 2.45) is 11.7 Å². The van der Waals surface area contributed by atoms with Crippen molar-refractivity contribution >= 4 is 0 Å². The Morgan fingerprint density at radius 2 is 1.94 bits per heavy atom. The summed E-state index contributed by atoms with van der Waals surface area (Å²) >= 11 is 0. The second-order valence-electron chi connectivity index (χ2n) is 4.74. The smallest absolute Gasteiger partial charge is 0.124 e. The molecule has 2 nitrogen and oxygen atoms in total. The average Bonchev–Trinajstić information content (AvgIpc) is 2.19. The summed E-state index contributed by atoms with van der Waals surface area (Å²) in [5.41, 5.74) is 7.00. The van der Waals surface area contributed by atoms with E-state index in [9.17, 15) is 9.50 Å². The number of aryl methyl sites for hydroxylation is 1. The third-order valence-corrected chi connectivity index (χ3v) is 2.75. The normalized spacial score (nSPS) is 13.1. The molecule has 1 rings (SSSR count). The van der Waals surface area contributed by atoms with Crippen LogP contribution in [-0.2, 0) is 0 Å². The van der Waals surface area contributed by atoms with Crippen molar-refractivity contribution in [1.82, 2.24) is 0 Å². The fourth-order valence-electron chi connectivity index (χ4n) is 1.71. The molecule has 0 aliphatic heterocycles. The maximum atomic E-state index is 13.2. The van der Waals surface area contributed by atoms with Crippen LogP contribution < -0.4 is 5.73 Å². The molecule has 0 aliphatic rings. The van der Waals surface area contributed by atoms with E-state index in [2.05, 4.69) is 13.8 Å². The number of aromatic hydroxyl groups is 1. The Balaban J connectivity index is 2.86. The number of phenolic OH excluding ortho intramolecular Hbond substituents is 1. The molecule has 0 aromatic heterocycles. The standard InChI is InChI=1S/C13H20FNO/c1-8(2)4-5-12(15)11-7-10(14)6-9(3)13(11)16/h6-8,12,16H,4-5,15H2,1-3H3/t12-/m0/s1. The Morgan fingerprint density at radius 1 is 1.31 bits per heavy atom. The lowest BCUT2D eigenvalue weighted by molar-refractivity contribution is 0.441. The lowest BCUT2D eigenvalue weighted by Crippen LogP contribution is -2.12. The van der Waals surface area contributed by atoms with Crippen LogP contribution in [0.3, 0.4) is 0 Å². The van der Waals surface area contributed by atoms with Crippen LogP contribution in [0.15, 0.2) is 12.1 Å². The zero-order valence-electron chi connectivity index (χ0n) is 10.1. The molecule has 90 valence electrons. The number of hydrogen-bond acceptors (Lipinski definition) is 2. The van der Waals surface area contributed by atoms with Gasteiger partial charge in [-0.05, 0) is 43.4 Å². The molecule has 0 fully saturated rings. The molecule has 0 saturated carbocycles. The van der Waals surface area contributed by atoms with E-state index in [4.69, 9.17) is 5.73 Å². The molecule has 0 spiro atoms. The van der Waals surface area contributed by atoms with Crippen LogP contribution in [0.25, 0.3) is 0 Å². The molecule has 1 aromatic rings. The Kier molecular flexibility index (Phi) is 4.30. The van der Waals surface area contributed by atoms with E-state index in [1.54, 1.807) is 6.92 Å². The van der Waals surface area contributed by atoms with Crippen LogP contribution in [0.5, 0.6) is 5.75 Å². The number of phenols is 1. The highest BCUT2D eigenvalue weighted by Gasteiger charge is 2.14. The molecule has 0 unspecified atom stereocenters. The van der Waals surface area contributed by atoms with Crippen LogP contribution in [-0.4, -0.2) is 5.11 Å². The maximum Gasteiger partial charge on any atom is 0.124 e. The Morgan fingerprint density at radius 3 is 2.50 bits per heavy atom. The predicted octanol–water partition coefficient (Wildman–Crippen LogP) is 3.28. The predicted molar refractivity (Wildman–Crippen MR) is 63.8 cm³/mol. The zero-order chi connectivity index (χ0) is 12.3. The molecule has 0 aliphatic carbocycles. The molecule has 0 heterocycles. The van der Waals surface area contributed by atoms with E-state index in [0.29, 0.717) is 17.0 Å². The summed E-state index contributed by atoms with van der Waals surface area (Å²) in [7, 11) is 0. The average molecular weight is 225 g/mol. The van der Waals surface area contributed by atoms with Gasteiger partial charge in [0.2, 0.25) is 0 Å². The van der Waals surface area contributed by atoms with Crippen LogP contribution in [0.2, 0.25) is 0 Å². The van der Waals surface area contributed by atoms with Crippen molar-refractivity contribution in [2.45, 2.75) is 39.7 Å². The first-order valence-corrected chi connectivity index (χ1v) is 5.66. The van der Waals surface area contributed by atoms with Gasteiger partial charge in [0, 0.05) is 11.6 Å². The van der Waals surface area contributed by atoms with Gasteiger partial charge in [-0.3, -0.25) is 0 Å². The van der Waals surface area contributed by atoms with E-state index in [1.807, 2.05) is 0 Å². The minimum atomic E-state index is -0.342. The van der Waals surface area contributed by atoms with Gasteiger partial charge in [0.1, 0.15) is 11.6 Å². The molecular weight excluding hydrogens is 205 g/mol. The van der Waals surface area contributed by atoms with Gasteiger partial charge in [0.05, 0.1) is 0 Å². The van der Waals surface area contributed by atoms with Gasteiger partial charge in [-0.25, -0.2) is 4.39 Å². The molecule has 0 bridgehead atoms. The van der Waals surface area contributed by atoms with Gasteiger partial charge >= 0.3 is 0 Å². The number of benzene rings is 1. The summed E-state index contributed by atoms with van der Waals surface area (Å²) in [6, 6.07) is 2.35. The Bertz CT molecular complexity index is 363. The zero-order valence-corrected chi connectivity index (χ0v) is 10.1. The first kappa shape index (κ1) is 13.0. The molecular formula is C13H20FNO. The molecule has 0 saturated heterocycles. The highest BCUT2D eigenvalue weighted by Crippen LogP contribution is 2.30. The van der Waals surface area contributed by atoms with E-state index in [1.165, 1.54) is 12.1 Å². The Labute approximate surface area is 96.3 Å². The van der Waals surface area contributed by atoms with Gasteiger partial charge in [-0.1, -0.05) is 13.8 Å². The fourth-order valence-corrected chi connectivity index (χ4v) is 1.71. The summed E-state index contributed by atoms with van der Waals surface area (Å²) in [5, 5.41) is 9.81. The van der Waals surface area contributed by atoms with Crippen molar-refractivity contribution < 1.29 is 9.50 Å². The van der Waals surface area contributed by atoms with E-state index in [-0.39, 0.29) is 17.6 Å². The van der Waals surface area contributed by atoms with Gasteiger partial charge in [0.25, 0.3) is 0 Å².